The largest absolute Gasteiger partial charge is 0.476 e. The molecular formula is C11H13N5O2. The molecule has 0 aromatic carbocycles. The van der Waals surface area contributed by atoms with Gasteiger partial charge in [-0.3, -0.25) is 4.68 Å². The molecule has 94 valence electrons. The third kappa shape index (κ3) is 2.29. The van der Waals surface area contributed by atoms with Crippen molar-refractivity contribution < 1.29 is 9.90 Å². The highest BCUT2D eigenvalue weighted by Crippen LogP contribution is 2.12. The zero-order chi connectivity index (χ0) is 13.1. The number of anilines is 1. The van der Waals surface area contributed by atoms with Crippen LogP contribution in [0.15, 0.2) is 18.6 Å². The molecule has 2 N–H and O–H groups in total. The lowest BCUT2D eigenvalue weighted by Gasteiger charge is -2.06. The number of carboxylic acid groups (broad SMARTS) is 1. The Balaban J connectivity index is 2.16. The van der Waals surface area contributed by atoms with E-state index in [4.69, 9.17) is 5.11 Å². The number of rotatable bonds is 4. The van der Waals surface area contributed by atoms with E-state index in [1.165, 1.54) is 12.4 Å². The van der Waals surface area contributed by atoms with Gasteiger partial charge in [-0.05, 0) is 6.92 Å². The van der Waals surface area contributed by atoms with E-state index in [0.29, 0.717) is 6.54 Å². The molecule has 2 heterocycles. The standard InChI is InChI=1S/C11H13N5O2/c1-7-8(6-15-16(7)2)5-14-10-9(11(17)18)12-3-4-13-10/h3-4,6H,5H2,1-2H3,(H,13,14)(H,17,18). The van der Waals surface area contributed by atoms with Gasteiger partial charge in [-0.25, -0.2) is 14.8 Å². The lowest BCUT2D eigenvalue weighted by atomic mass is 10.2. The predicted octanol–water partition coefficient (Wildman–Crippen LogP) is 0.829. The van der Waals surface area contributed by atoms with Crippen molar-refractivity contribution in [1.82, 2.24) is 19.7 Å². The van der Waals surface area contributed by atoms with Crippen molar-refractivity contribution in [2.75, 3.05) is 5.32 Å². The van der Waals surface area contributed by atoms with Crippen molar-refractivity contribution >= 4 is 11.8 Å². The van der Waals surface area contributed by atoms with Crippen LogP contribution in [0.1, 0.15) is 21.7 Å². The van der Waals surface area contributed by atoms with Crippen LogP contribution < -0.4 is 5.32 Å². The molecule has 2 rings (SSSR count). The molecule has 7 heteroatoms. The fourth-order valence-corrected chi connectivity index (χ4v) is 1.52. The van der Waals surface area contributed by atoms with Gasteiger partial charge in [0.1, 0.15) is 0 Å². The second kappa shape index (κ2) is 4.82. The van der Waals surface area contributed by atoms with Crippen molar-refractivity contribution in [2.24, 2.45) is 7.05 Å². The quantitative estimate of drug-likeness (QED) is 0.831. The Labute approximate surface area is 104 Å². The first-order valence-electron chi connectivity index (χ1n) is 5.35. The van der Waals surface area contributed by atoms with Crippen LogP contribution in [0.4, 0.5) is 5.82 Å². The first kappa shape index (κ1) is 12.0. The molecular weight excluding hydrogens is 234 g/mol. The van der Waals surface area contributed by atoms with Crippen LogP contribution in [0.25, 0.3) is 0 Å². The van der Waals surface area contributed by atoms with Gasteiger partial charge in [0.15, 0.2) is 11.5 Å². The maximum absolute atomic E-state index is 10.9. The Morgan fingerprint density at radius 1 is 1.44 bits per heavy atom. The SMILES string of the molecule is Cc1c(CNc2nccnc2C(=O)O)cnn1C. The van der Waals surface area contributed by atoms with Crippen molar-refractivity contribution in [3.63, 3.8) is 0 Å². The summed E-state index contributed by atoms with van der Waals surface area (Å²) in [5, 5.41) is 16.0. The summed E-state index contributed by atoms with van der Waals surface area (Å²) in [6.45, 7) is 2.40. The normalized spacial score (nSPS) is 10.3. The van der Waals surface area contributed by atoms with Crippen LogP contribution in [0.5, 0.6) is 0 Å². The third-order valence-electron chi connectivity index (χ3n) is 2.68. The van der Waals surface area contributed by atoms with Crippen molar-refractivity contribution in [2.45, 2.75) is 13.5 Å². The van der Waals surface area contributed by atoms with E-state index in [0.717, 1.165) is 11.3 Å². The molecule has 0 unspecified atom stereocenters. The number of hydrogen-bond acceptors (Lipinski definition) is 5. The predicted molar refractivity (Wildman–Crippen MR) is 64.3 cm³/mol. The Kier molecular flexibility index (Phi) is 3.22. The summed E-state index contributed by atoms with van der Waals surface area (Å²) in [5.41, 5.74) is 1.92. The first-order valence-corrected chi connectivity index (χ1v) is 5.35. The molecule has 0 aliphatic rings. The van der Waals surface area contributed by atoms with E-state index >= 15 is 0 Å². The van der Waals surface area contributed by atoms with E-state index in [1.54, 1.807) is 10.9 Å². The minimum atomic E-state index is -1.10. The van der Waals surface area contributed by atoms with Crippen LogP contribution in [0.2, 0.25) is 0 Å². The Morgan fingerprint density at radius 3 is 2.78 bits per heavy atom. The lowest BCUT2D eigenvalue weighted by molar-refractivity contribution is 0.0691. The molecule has 0 saturated heterocycles. The summed E-state index contributed by atoms with van der Waals surface area (Å²) in [6, 6.07) is 0. The van der Waals surface area contributed by atoms with Gasteiger partial charge in [-0.1, -0.05) is 0 Å². The number of aryl methyl sites for hydroxylation is 1. The van der Waals surface area contributed by atoms with E-state index < -0.39 is 5.97 Å². The smallest absolute Gasteiger partial charge is 0.358 e. The molecule has 0 amide bonds. The number of aromatic nitrogens is 4. The van der Waals surface area contributed by atoms with Crippen LogP contribution in [-0.2, 0) is 13.6 Å². The minimum Gasteiger partial charge on any atom is -0.476 e. The maximum atomic E-state index is 10.9. The summed E-state index contributed by atoms with van der Waals surface area (Å²) < 4.78 is 1.76. The topological polar surface area (TPSA) is 92.9 Å². The summed E-state index contributed by atoms with van der Waals surface area (Å²) in [5.74, 6) is -0.846. The van der Waals surface area contributed by atoms with Gasteiger partial charge in [0, 0.05) is 37.2 Å². The molecule has 0 aliphatic carbocycles. The number of nitrogens with one attached hydrogen (secondary N) is 1. The molecule has 2 aromatic heterocycles. The highest BCUT2D eigenvalue weighted by molar-refractivity contribution is 5.90. The summed E-state index contributed by atoms with van der Waals surface area (Å²) in [6.07, 6.45) is 4.54. The highest BCUT2D eigenvalue weighted by Gasteiger charge is 2.12. The highest BCUT2D eigenvalue weighted by atomic mass is 16.4. The zero-order valence-corrected chi connectivity index (χ0v) is 10.1. The number of nitrogens with zero attached hydrogens (tertiary/aromatic N) is 4. The van der Waals surface area contributed by atoms with Crippen LogP contribution in [0, 0.1) is 6.92 Å². The van der Waals surface area contributed by atoms with Gasteiger partial charge in [0.2, 0.25) is 0 Å². The fourth-order valence-electron chi connectivity index (χ4n) is 1.52. The average Bonchev–Trinajstić information content (AvgIpc) is 2.68. The van der Waals surface area contributed by atoms with Crippen LogP contribution >= 0.6 is 0 Å². The van der Waals surface area contributed by atoms with E-state index in [1.807, 2.05) is 14.0 Å². The van der Waals surface area contributed by atoms with E-state index in [2.05, 4.69) is 20.4 Å². The molecule has 0 atom stereocenters. The van der Waals surface area contributed by atoms with Crippen LogP contribution in [-0.4, -0.2) is 30.8 Å². The summed E-state index contributed by atoms with van der Waals surface area (Å²) in [4.78, 5) is 18.7. The van der Waals surface area contributed by atoms with Gasteiger partial charge < -0.3 is 10.4 Å². The summed E-state index contributed by atoms with van der Waals surface area (Å²) in [7, 11) is 1.85. The van der Waals surface area contributed by atoms with Crippen molar-refractivity contribution in [1.29, 1.82) is 0 Å². The van der Waals surface area contributed by atoms with Crippen molar-refractivity contribution in [3.05, 3.63) is 35.5 Å². The minimum absolute atomic E-state index is 0.0842. The number of hydrogen-bond donors (Lipinski definition) is 2. The first-order chi connectivity index (χ1) is 8.59. The van der Waals surface area contributed by atoms with E-state index in [-0.39, 0.29) is 11.5 Å². The fraction of sp³-hybridized carbons (Fsp3) is 0.273. The van der Waals surface area contributed by atoms with Gasteiger partial charge in [-0.2, -0.15) is 5.10 Å². The van der Waals surface area contributed by atoms with Crippen LogP contribution in [0.3, 0.4) is 0 Å². The average molecular weight is 247 g/mol. The monoisotopic (exact) mass is 247 g/mol. The Morgan fingerprint density at radius 2 is 2.17 bits per heavy atom. The molecule has 0 saturated carbocycles. The summed E-state index contributed by atoms with van der Waals surface area (Å²) >= 11 is 0. The molecule has 0 aliphatic heterocycles. The number of carboxylic acids is 1. The van der Waals surface area contributed by atoms with Crippen molar-refractivity contribution in [3.8, 4) is 0 Å². The van der Waals surface area contributed by atoms with Gasteiger partial charge in [0.25, 0.3) is 0 Å². The zero-order valence-electron chi connectivity index (χ0n) is 10.1. The number of aromatic carboxylic acids is 1. The molecule has 0 fully saturated rings. The molecule has 0 bridgehead atoms. The lowest BCUT2D eigenvalue weighted by Crippen LogP contribution is -2.10. The molecule has 7 nitrogen and oxygen atoms in total. The Hall–Kier alpha value is -2.44. The van der Waals surface area contributed by atoms with Gasteiger partial charge in [0.05, 0.1) is 6.20 Å². The Bertz CT molecular complexity index is 579. The molecule has 0 spiro atoms. The number of carbonyl (C=O) groups is 1. The second-order valence-corrected chi connectivity index (χ2v) is 3.79. The maximum Gasteiger partial charge on any atom is 0.358 e. The third-order valence-corrected chi connectivity index (χ3v) is 2.68. The van der Waals surface area contributed by atoms with Gasteiger partial charge in [-0.15, -0.1) is 0 Å². The van der Waals surface area contributed by atoms with E-state index in [9.17, 15) is 4.79 Å². The molecule has 18 heavy (non-hydrogen) atoms. The second-order valence-electron chi connectivity index (χ2n) is 3.79. The van der Waals surface area contributed by atoms with Gasteiger partial charge >= 0.3 is 5.97 Å². The molecule has 0 radical (unpaired) electrons. The molecule has 2 aromatic rings.